The van der Waals surface area contributed by atoms with Crippen molar-refractivity contribution in [3.8, 4) is 0 Å². The van der Waals surface area contributed by atoms with Crippen LogP contribution in [-0.4, -0.2) is 26.5 Å². The number of aryl methyl sites for hydroxylation is 2. The fraction of sp³-hybridized carbons (Fsp3) is 0.462. The van der Waals surface area contributed by atoms with Crippen molar-refractivity contribution < 1.29 is 0 Å². The van der Waals surface area contributed by atoms with E-state index in [2.05, 4.69) is 40.5 Å². The Balaban J connectivity index is 2.33. The Kier molecular flexibility index (Phi) is 4.04. The summed E-state index contributed by atoms with van der Waals surface area (Å²) in [4.78, 5) is 4.46. The third-order valence-electron chi connectivity index (χ3n) is 2.88. The van der Waals surface area contributed by atoms with Crippen molar-refractivity contribution in [3.05, 3.63) is 41.5 Å². The maximum Gasteiger partial charge on any atom is 0.0938 e. The van der Waals surface area contributed by atoms with E-state index in [4.69, 9.17) is 0 Å². The topological polar surface area (TPSA) is 55.6 Å². The van der Waals surface area contributed by atoms with Crippen LogP contribution in [0.3, 0.4) is 0 Å². The van der Waals surface area contributed by atoms with Gasteiger partial charge in [0.2, 0.25) is 0 Å². The van der Waals surface area contributed by atoms with Gasteiger partial charge in [0.05, 0.1) is 23.6 Å². The SMILES string of the molecule is CCCNC(c1cc(C)ccn1)c1cnnn1C. The van der Waals surface area contributed by atoms with Crippen LogP contribution in [0.4, 0.5) is 0 Å². The molecular weight excluding hydrogens is 226 g/mol. The predicted octanol–water partition coefficient (Wildman–Crippen LogP) is 1.61. The average molecular weight is 245 g/mol. The van der Waals surface area contributed by atoms with Gasteiger partial charge in [0.15, 0.2) is 0 Å². The molecule has 0 amide bonds. The highest BCUT2D eigenvalue weighted by Crippen LogP contribution is 2.19. The molecule has 18 heavy (non-hydrogen) atoms. The van der Waals surface area contributed by atoms with E-state index in [9.17, 15) is 0 Å². The maximum absolute atomic E-state index is 4.46. The lowest BCUT2D eigenvalue weighted by molar-refractivity contribution is 0.541. The number of rotatable bonds is 5. The van der Waals surface area contributed by atoms with Crippen molar-refractivity contribution in [1.82, 2.24) is 25.3 Å². The summed E-state index contributed by atoms with van der Waals surface area (Å²) >= 11 is 0. The molecule has 2 heterocycles. The van der Waals surface area contributed by atoms with E-state index in [-0.39, 0.29) is 6.04 Å². The first-order valence-corrected chi connectivity index (χ1v) is 6.23. The Morgan fingerprint density at radius 3 is 2.89 bits per heavy atom. The molecule has 0 spiro atoms. The summed E-state index contributed by atoms with van der Waals surface area (Å²) in [7, 11) is 1.90. The Hall–Kier alpha value is -1.75. The van der Waals surface area contributed by atoms with Crippen LogP contribution in [0.15, 0.2) is 24.5 Å². The third kappa shape index (κ3) is 2.73. The predicted molar refractivity (Wildman–Crippen MR) is 70.1 cm³/mol. The molecule has 0 aliphatic carbocycles. The molecule has 0 fully saturated rings. The van der Waals surface area contributed by atoms with Crippen molar-refractivity contribution in [3.63, 3.8) is 0 Å². The third-order valence-corrected chi connectivity index (χ3v) is 2.88. The molecule has 5 nitrogen and oxygen atoms in total. The zero-order valence-corrected chi connectivity index (χ0v) is 11.1. The second-order valence-electron chi connectivity index (χ2n) is 4.43. The molecule has 2 rings (SSSR count). The summed E-state index contributed by atoms with van der Waals surface area (Å²) in [5.41, 5.74) is 3.24. The van der Waals surface area contributed by atoms with Crippen molar-refractivity contribution in [2.75, 3.05) is 6.54 Å². The minimum Gasteiger partial charge on any atom is -0.304 e. The lowest BCUT2D eigenvalue weighted by Crippen LogP contribution is -2.26. The van der Waals surface area contributed by atoms with Gasteiger partial charge < -0.3 is 5.32 Å². The van der Waals surface area contributed by atoms with Crippen molar-refractivity contribution >= 4 is 0 Å². The normalized spacial score (nSPS) is 12.6. The fourth-order valence-electron chi connectivity index (χ4n) is 1.93. The molecule has 0 saturated heterocycles. The Morgan fingerprint density at radius 2 is 2.28 bits per heavy atom. The first-order valence-electron chi connectivity index (χ1n) is 6.23. The zero-order valence-electron chi connectivity index (χ0n) is 11.1. The van der Waals surface area contributed by atoms with Crippen LogP contribution >= 0.6 is 0 Å². The van der Waals surface area contributed by atoms with Gasteiger partial charge in [-0.2, -0.15) is 0 Å². The van der Waals surface area contributed by atoms with E-state index in [1.165, 1.54) is 5.56 Å². The van der Waals surface area contributed by atoms with Gasteiger partial charge in [-0.05, 0) is 37.6 Å². The summed E-state index contributed by atoms with van der Waals surface area (Å²) in [6, 6.07) is 4.15. The van der Waals surface area contributed by atoms with Gasteiger partial charge in [-0.15, -0.1) is 5.10 Å². The highest BCUT2D eigenvalue weighted by Gasteiger charge is 2.18. The maximum atomic E-state index is 4.46. The van der Waals surface area contributed by atoms with Gasteiger partial charge in [0.25, 0.3) is 0 Å². The largest absolute Gasteiger partial charge is 0.304 e. The van der Waals surface area contributed by atoms with E-state index >= 15 is 0 Å². The monoisotopic (exact) mass is 245 g/mol. The number of hydrogen-bond donors (Lipinski definition) is 1. The molecule has 1 unspecified atom stereocenters. The first-order chi connectivity index (χ1) is 8.72. The van der Waals surface area contributed by atoms with Gasteiger partial charge in [-0.1, -0.05) is 12.1 Å². The molecule has 2 aromatic heterocycles. The van der Waals surface area contributed by atoms with E-state index in [0.29, 0.717) is 0 Å². The number of aromatic nitrogens is 4. The molecule has 0 saturated carbocycles. The van der Waals surface area contributed by atoms with Crippen molar-refractivity contribution in [2.24, 2.45) is 7.05 Å². The molecule has 0 radical (unpaired) electrons. The lowest BCUT2D eigenvalue weighted by Gasteiger charge is -2.18. The molecule has 2 aromatic rings. The van der Waals surface area contributed by atoms with Crippen LogP contribution in [0, 0.1) is 6.92 Å². The number of hydrogen-bond acceptors (Lipinski definition) is 4. The van der Waals surface area contributed by atoms with E-state index in [1.807, 2.05) is 19.3 Å². The quantitative estimate of drug-likeness (QED) is 0.869. The van der Waals surface area contributed by atoms with Crippen molar-refractivity contribution in [1.29, 1.82) is 0 Å². The molecule has 1 atom stereocenters. The molecule has 0 bridgehead atoms. The molecule has 0 aliphatic heterocycles. The van der Waals surface area contributed by atoms with Crippen LogP contribution in [0.2, 0.25) is 0 Å². The second-order valence-corrected chi connectivity index (χ2v) is 4.43. The lowest BCUT2D eigenvalue weighted by atomic mass is 10.1. The Morgan fingerprint density at radius 1 is 1.44 bits per heavy atom. The molecule has 0 aliphatic rings. The van der Waals surface area contributed by atoms with Crippen LogP contribution in [0.25, 0.3) is 0 Å². The van der Waals surface area contributed by atoms with Crippen LogP contribution < -0.4 is 5.32 Å². The summed E-state index contributed by atoms with van der Waals surface area (Å²) < 4.78 is 1.79. The van der Waals surface area contributed by atoms with Crippen molar-refractivity contribution in [2.45, 2.75) is 26.3 Å². The van der Waals surface area contributed by atoms with Gasteiger partial charge in [-0.25, -0.2) is 0 Å². The fourth-order valence-corrected chi connectivity index (χ4v) is 1.93. The standard InChI is InChI=1S/C13H19N5/c1-4-6-15-13(12-9-16-17-18(12)3)11-8-10(2)5-7-14-11/h5,7-9,13,15H,4,6H2,1-3H3. The average Bonchev–Trinajstić information content (AvgIpc) is 2.77. The minimum absolute atomic E-state index is 0.0462. The number of pyridine rings is 1. The van der Waals surface area contributed by atoms with Gasteiger partial charge in [0.1, 0.15) is 0 Å². The smallest absolute Gasteiger partial charge is 0.0938 e. The Bertz CT molecular complexity index is 506. The van der Waals surface area contributed by atoms with E-state index in [1.54, 1.807) is 10.9 Å². The summed E-state index contributed by atoms with van der Waals surface area (Å²) in [6.45, 7) is 5.16. The molecule has 1 N–H and O–H groups in total. The van der Waals surface area contributed by atoms with Crippen LogP contribution in [0.1, 0.15) is 36.3 Å². The first kappa shape index (κ1) is 12.7. The van der Waals surface area contributed by atoms with E-state index in [0.717, 1.165) is 24.4 Å². The molecule has 5 heteroatoms. The van der Waals surface area contributed by atoms with Crippen LogP contribution in [0.5, 0.6) is 0 Å². The summed E-state index contributed by atoms with van der Waals surface area (Å²) in [5, 5.41) is 11.4. The Labute approximate surface area is 107 Å². The molecular formula is C13H19N5. The highest BCUT2D eigenvalue weighted by molar-refractivity contribution is 5.23. The zero-order chi connectivity index (χ0) is 13.0. The van der Waals surface area contributed by atoms with E-state index < -0.39 is 0 Å². The van der Waals surface area contributed by atoms with Gasteiger partial charge in [-0.3, -0.25) is 9.67 Å². The van der Waals surface area contributed by atoms with Gasteiger partial charge >= 0.3 is 0 Å². The second kappa shape index (κ2) is 5.73. The van der Waals surface area contributed by atoms with Crippen LogP contribution in [-0.2, 0) is 7.05 Å². The number of nitrogens with one attached hydrogen (secondary N) is 1. The van der Waals surface area contributed by atoms with Gasteiger partial charge in [0, 0.05) is 13.2 Å². The molecule has 96 valence electrons. The number of nitrogens with zero attached hydrogens (tertiary/aromatic N) is 4. The summed E-state index contributed by atoms with van der Waals surface area (Å²) in [5.74, 6) is 0. The minimum atomic E-state index is 0.0462. The summed E-state index contributed by atoms with van der Waals surface area (Å²) in [6.07, 6.45) is 4.71. The molecule has 0 aromatic carbocycles. The highest BCUT2D eigenvalue weighted by atomic mass is 15.4.